The van der Waals surface area contributed by atoms with Crippen LogP contribution in [0, 0.1) is 0 Å². The molecule has 0 aliphatic heterocycles. The molecule has 4 nitrogen and oxygen atoms in total. The minimum atomic E-state index is -0.763. The van der Waals surface area contributed by atoms with Crippen LogP contribution in [0.3, 0.4) is 0 Å². The Labute approximate surface area is 119 Å². The highest BCUT2D eigenvalue weighted by molar-refractivity contribution is 7.12. The summed E-state index contributed by atoms with van der Waals surface area (Å²) in [5, 5.41) is 12.1. The maximum Gasteiger partial charge on any atom is 0.308 e. The third-order valence-corrected chi connectivity index (χ3v) is 4.15. The lowest BCUT2D eigenvalue weighted by atomic mass is 10.3. The van der Waals surface area contributed by atoms with Crippen LogP contribution in [0.1, 0.15) is 30.0 Å². The van der Waals surface area contributed by atoms with Gasteiger partial charge in [-0.05, 0) is 44.7 Å². The second kappa shape index (κ2) is 9.07. The minimum Gasteiger partial charge on any atom is -0.481 e. The molecule has 0 aliphatic carbocycles. The number of rotatable bonds is 10. The van der Waals surface area contributed by atoms with E-state index in [0.29, 0.717) is 0 Å². The van der Waals surface area contributed by atoms with Crippen LogP contribution in [0.15, 0.2) is 12.1 Å². The van der Waals surface area contributed by atoms with Gasteiger partial charge in [-0.1, -0.05) is 13.8 Å². The van der Waals surface area contributed by atoms with Crippen LogP contribution in [0.5, 0.6) is 0 Å². The number of aliphatic carboxylic acids is 1. The van der Waals surface area contributed by atoms with Crippen LogP contribution >= 0.6 is 11.3 Å². The molecule has 1 aromatic heterocycles. The predicted octanol–water partition coefficient (Wildman–Crippen LogP) is 2.20. The van der Waals surface area contributed by atoms with Crippen LogP contribution in [0.4, 0.5) is 0 Å². The Hall–Kier alpha value is -0.910. The molecule has 0 saturated carbocycles. The van der Waals surface area contributed by atoms with Crippen molar-refractivity contribution in [3.63, 3.8) is 0 Å². The lowest BCUT2D eigenvalue weighted by Crippen LogP contribution is -2.27. The molecule has 1 heterocycles. The molecule has 0 aromatic carbocycles. The van der Waals surface area contributed by atoms with E-state index in [1.54, 1.807) is 11.3 Å². The Morgan fingerprint density at radius 1 is 1.32 bits per heavy atom. The number of carboxylic acid groups (broad SMARTS) is 1. The highest BCUT2D eigenvalue weighted by Crippen LogP contribution is 2.16. The maximum atomic E-state index is 10.6. The molecule has 0 unspecified atom stereocenters. The van der Waals surface area contributed by atoms with Crippen molar-refractivity contribution in [1.82, 2.24) is 10.2 Å². The summed E-state index contributed by atoms with van der Waals surface area (Å²) in [7, 11) is 0. The molecule has 0 radical (unpaired) electrons. The molecule has 1 aromatic rings. The van der Waals surface area contributed by atoms with E-state index in [2.05, 4.69) is 24.1 Å². The summed E-state index contributed by atoms with van der Waals surface area (Å²) in [6, 6.07) is 3.92. The molecule has 0 bridgehead atoms. The SMILES string of the molecule is CCN(CC)CCCNCc1ccc(CC(=O)O)s1. The van der Waals surface area contributed by atoms with Crippen molar-refractivity contribution in [2.24, 2.45) is 0 Å². The first kappa shape index (κ1) is 16.1. The Bertz CT molecular complexity index is 375. The number of thiophene rings is 1. The van der Waals surface area contributed by atoms with Crippen molar-refractivity contribution < 1.29 is 9.90 Å². The first-order valence-corrected chi connectivity index (χ1v) is 7.69. The van der Waals surface area contributed by atoms with E-state index >= 15 is 0 Å². The molecule has 2 N–H and O–H groups in total. The second-order valence-electron chi connectivity index (χ2n) is 4.50. The predicted molar refractivity (Wildman–Crippen MR) is 79.8 cm³/mol. The molecule has 0 atom stereocenters. The van der Waals surface area contributed by atoms with Crippen molar-refractivity contribution >= 4 is 17.3 Å². The van der Waals surface area contributed by atoms with Gasteiger partial charge in [0.25, 0.3) is 0 Å². The summed E-state index contributed by atoms with van der Waals surface area (Å²) in [6.07, 6.45) is 1.28. The lowest BCUT2D eigenvalue weighted by molar-refractivity contribution is -0.136. The lowest BCUT2D eigenvalue weighted by Gasteiger charge is -2.17. The molecular weight excluding hydrogens is 260 g/mol. The first-order valence-electron chi connectivity index (χ1n) is 6.88. The number of carboxylic acids is 1. The highest BCUT2D eigenvalue weighted by atomic mass is 32.1. The van der Waals surface area contributed by atoms with Crippen LogP contribution < -0.4 is 5.32 Å². The van der Waals surface area contributed by atoms with Gasteiger partial charge in [0.05, 0.1) is 6.42 Å². The van der Waals surface area contributed by atoms with E-state index in [0.717, 1.165) is 44.0 Å². The monoisotopic (exact) mass is 284 g/mol. The summed E-state index contributed by atoms with van der Waals surface area (Å²) in [4.78, 5) is 15.1. The molecule has 0 aliphatic rings. The first-order chi connectivity index (χ1) is 9.15. The summed E-state index contributed by atoms with van der Waals surface area (Å²) in [5.41, 5.74) is 0. The fourth-order valence-electron chi connectivity index (χ4n) is 1.94. The average molecular weight is 284 g/mol. The van der Waals surface area contributed by atoms with E-state index in [-0.39, 0.29) is 6.42 Å². The topological polar surface area (TPSA) is 52.6 Å². The standard InChI is InChI=1S/C14H24N2O2S/c1-3-16(4-2)9-5-8-15-11-13-7-6-12(19-13)10-14(17)18/h6-7,15H,3-5,8-11H2,1-2H3,(H,17,18). The van der Waals surface area contributed by atoms with Crippen LogP contribution in [-0.2, 0) is 17.8 Å². The summed E-state index contributed by atoms with van der Waals surface area (Å²) >= 11 is 1.58. The smallest absolute Gasteiger partial charge is 0.308 e. The van der Waals surface area contributed by atoms with Gasteiger partial charge >= 0.3 is 5.97 Å². The molecule has 108 valence electrons. The Morgan fingerprint density at radius 3 is 2.63 bits per heavy atom. The zero-order valence-corrected chi connectivity index (χ0v) is 12.6. The third-order valence-electron chi connectivity index (χ3n) is 3.06. The van der Waals surface area contributed by atoms with Crippen molar-refractivity contribution in [3.05, 3.63) is 21.9 Å². The summed E-state index contributed by atoms with van der Waals surface area (Å²) in [6.45, 7) is 9.57. The van der Waals surface area contributed by atoms with E-state index in [4.69, 9.17) is 5.11 Å². The van der Waals surface area contributed by atoms with Crippen LogP contribution in [-0.4, -0.2) is 42.2 Å². The maximum absolute atomic E-state index is 10.6. The van der Waals surface area contributed by atoms with E-state index in [9.17, 15) is 4.79 Å². The highest BCUT2D eigenvalue weighted by Gasteiger charge is 2.04. The molecule has 5 heteroatoms. The summed E-state index contributed by atoms with van der Waals surface area (Å²) in [5.74, 6) is -0.763. The zero-order chi connectivity index (χ0) is 14.1. The third kappa shape index (κ3) is 6.71. The fraction of sp³-hybridized carbons (Fsp3) is 0.643. The van der Waals surface area contributed by atoms with Crippen LogP contribution in [0.25, 0.3) is 0 Å². The van der Waals surface area contributed by atoms with Crippen molar-refractivity contribution in [2.45, 2.75) is 33.2 Å². The quantitative estimate of drug-likeness (QED) is 0.647. The number of nitrogens with zero attached hydrogens (tertiary/aromatic N) is 1. The van der Waals surface area contributed by atoms with Gasteiger partial charge in [-0.3, -0.25) is 4.79 Å². The molecule has 19 heavy (non-hydrogen) atoms. The fourth-order valence-corrected chi connectivity index (χ4v) is 2.92. The number of carbonyl (C=O) groups is 1. The number of hydrogen-bond donors (Lipinski definition) is 2. The van der Waals surface area contributed by atoms with Gasteiger partial charge in [0, 0.05) is 16.3 Å². The van der Waals surface area contributed by atoms with Crippen molar-refractivity contribution in [3.8, 4) is 0 Å². The normalized spacial score (nSPS) is 11.1. The molecule has 0 fully saturated rings. The van der Waals surface area contributed by atoms with Crippen molar-refractivity contribution in [1.29, 1.82) is 0 Å². The molecule has 0 amide bonds. The van der Waals surface area contributed by atoms with Crippen LogP contribution in [0.2, 0.25) is 0 Å². The molecule has 0 saturated heterocycles. The van der Waals surface area contributed by atoms with Gasteiger partial charge < -0.3 is 15.3 Å². The van der Waals surface area contributed by atoms with Gasteiger partial charge in [0.15, 0.2) is 0 Å². The zero-order valence-electron chi connectivity index (χ0n) is 11.8. The van der Waals surface area contributed by atoms with E-state index in [1.165, 1.54) is 4.88 Å². The largest absolute Gasteiger partial charge is 0.481 e. The van der Waals surface area contributed by atoms with E-state index in [1.807, 2.05) is 12.1 Å². The van der Waals surface area contributed by atoms with E-state index < -0.39 is 5.97 Å². The van der Waals surface area contributed by atoms with Crippen molar-refractivity contribution in [2.75, 3.05) is 26.2 Å². The Kier molecular flexibility index (Phi) is 7.70. The van der Waals surface area contributed by atoms with Gasteiger partial charge in [-0.15, -0.1) is 11.3 Å². The average Bonchev–Trinajstić information content (AvgIpc) is 2.80. The van der Waals surface area contributed by atoms with Gasteiger partial charge in [0.2, 0.25) is 0 Å². The molecule has 0 spiro atoms. The molecule has 1 rings (SSSR count). The number of hydrogen-bond acceptors (Lipinski definition) is 4. The number of nitrogens with one attached hydrogen (secondary N) is 1. The van der Waals surface area contributed by atoms with Gasteiger partial charge in [-0.25, -0.2) is 0 Å². The Morgan fingerprint density at radius 2 is 2.00 bits per heavy atom. The minimum absolute atomic E-state index is 0.132. The summed E-state index contributed by atoms with van der Waals surface area (Å²) < 4.78 is 0. The Balaban J connectivity index is 2.15. The van der Waals surface area contributed by atoms with Gasteiger partial charge in [-0.2, -0.15) is 0 Å². The second-order valence-corrected chi connectivity index (χ2v) is 5.75. The molecular formula is C14H24N2O2S. The van der Waals surface area contributed by atoms with Gasteiger partial charge in [0.1, 0.15) is 0 Å².